The molecular weight excluding hydrogens is 222 g/mol. The molecule has 0 spiro atoms. The molecule has 0 unspecified atom stereocenters. The molecule has 0 aromatic carbocycles. The minimum atomic E-state index is -0.547. The minimum absolute atomic E-state index is 0.164. The third-order valence-electron chi connectivity index (χ3n) is 3.26. The monoisotopic (exact) mass is 239 g/mol. The Morgan fingerprint density at radius 1 is 1.18 bits per heavy atom. The van der Waals surface area contributed by atoms with Gasteiger partial charge in [0, 0.05) is 33.2 Å². The normalized spacial score (nSPS) is 17.5. The number of likely N-dealkylation sites (N-methyl/N-ethyl adjacent to an activating group) is 1. The molecule has 6 nitrogen and oxygen atoms in total. The number of aromatic nitrogens is 1. The lowest BCUT2D eigenvalue weighted by molar-refractivity contribution is 0.0661. The number of hydrogen-bond acceptors (Lipinski definition) is 4. The molecule has 1 aromatic heterocycles. The molecule has 0 N–H and O–H groups in total. The lowest BCUT2D eigenvalue weighted by atomic mass is 10.2. The van der Waals surface area contributed by atoms with Gasteiger partial charge in [-0.1, -0.05) is 0 Å². The van der Waals surface area contributed by atoms with Crippen LogP contribution < -0.4 is 5.63 Å². The van der Waals surface area contributed by atoms with E-state index in [1.54, 1.807) is 18.9 Å². The maximum absolute atomic E-state index is 12.2. The third kappa shape index (κ3) is 2.12. The first kappa shape index (κ1) is 11.9. The second-order valence-electron chi connectivity index (χ2n) is 4.43. The van der Waals surface area contributed by atoms with E-state index < -0.39 is 5.63 Å². The van der Waals surface area contributed by atoms with Gasteiger partial charge in [0.2, 0.25) is 0 Å². The summed E-state index contributed by atoms with van der Waals surface area (Å²) in [5.74, 6) is -0.218. The van der Waals surface area contributed by atoms with Crippen molar-refractivity contribution in [3.8, 4) is 0 Å². The van der Waals surface area contributed by atoms with Crippen LogP contribution in [0.2, 0.25) is 0 Å². The summed E-state index contributed by atoms with van der Waals surface area (Å²) in [5.41, 5.74) is 0.199. The molecule has 1 amide bonds. The van der Waals surface area contributed by atoms with E-state index in [1.807, 2.05) is 7.05 Å². The summed E-state index contributed by atoms with van der Waals surface area (Å²) in [4.78, 5) is 27.6. The van der Waals surface area contributed by atoms with Crippen LogP contribution in [-0.2, 0) is 7.05 Å². The predicted octanol–water partition coefficient (Wildman–Crippen LogP) is -0.326. The van der Waals surface area contributed by atoms with E-state index in [-0.39, 0.29) is 11.5 Å². The van der Waals surface area contributed by atoms with E-state index in [0.29, 0.717) is 18.8 Å². The molecule has 1 aliphatic rings. The van der Waals surface area contributed by atoms with Crippen molar-refractivity contribution in [2.24, 2.45) is 7.05 Å². The summed E-state index contributed by atoms with van der Waals surface area (Å²) in [6, 6.07) is 0. The summed E-state index contributed by atoms with van der Waals surface area (Å²) in [7, 11) is 3.64. The number of carbonyl (C=O) groups excluding carboxylic acids is 1. The fraction of sp³-hybridized carbons (Fsp3) is 0.636. The Morgan fingerprint density at radius 3 is 2.24 bits per heavy atom. The highest BCUT2D eigenvalue weighted by molar-refractivity contribution is 5.94. The fourth-order valence-electron chi connectivity index (χ4n) is 1.95. The van der Waals surface area contributed by atoms with E-state index in [0.717, 1.165) is 13.1 Å². The molecule has 94 valence electrons. The summed E-state index contributed by atoms with van der Waals surface area (Å²) < 4.78 is 6.22. The lowest BCUT2D eigenvalue weighted by Gasteiger charge is -2.32. The average molecular weight is 239 g/mol. The maximum atomic E-state index is 12.2. The second kappa shape index (κ2) is 4.37. The van der Waals surface area contributed by atoms with Crippen LogP contribution in [0.15, 0.2) is 9.32 Å². The van der Waals surface area contributed by atoms with Gasteiger partial charge in [-0.15, -0.1) is 0 Å². The smallest absolute Gasteiger partial charge is 0.336 e. The van der Waals surface area contributed by atoms with Gasteiger partial charge in [-0.05, 0) is 14.0 Å². The van der Waals surface area contributed by atoms with Crippen molar-refractivity contribution in [2.45, 2.75) is 6.92 Å². The molecule has 0 bridgehead atoms. The summed E-state index contributed by atoms with van der Waals surface area (Å²) in [6.45, 7) is 4.70. The third-order valence-corrected chi connectivity index (χ3v) is 3.26. The number of hydrogen-bond donors (Lipinski definition) is 0. The van der Waals surface area contributed by atoms with Gasteiger partial charge in [-0.25, -0.2) is 9.53 Å². The number of aryl methyl sites for hydroxylation is 1. The minimum Gasteiger partial charge on any atom is -0.336 e. The lowest BCUT2D eigenvalue weighted by Crippen LogP contribution is -2.47. The van der Waals surface area contributed by atoms with Gasteiger partial charge in [0.05, 0.1) is 5.69 Å². The Morgan fingerprint density at radius 2 is 1.76 bits per heavy atom. The summed E-state index contributed by atoms with van der Waals surface area (Å²) in [6.07, 6.45) is 0. The van der Waals surface area contributed by atoms with Gasteiger partial charge in [-0.3, -0.25) is 4.79 Å². The quantitative estimate of drug-likeness (QED) is 0.673. The molecule has 0 aliphatic carbocycles. The molecule has 1 fully saturated rings. The van der Waals surface area contributed by atoms with E-state index >= 15 is 0 Å². The molecule has 2 rings (SSSR count). The number of rotatable bonds is 1. The first-order valence-electron chi connectivity index (χ1n) is 5.65. The Kier molecular flexibility index (Phi) is 3.06. The van der Waals surface area contributed by atoms with Crippen LogP contribution in [0.5, 0.6) is 0 Å². The molecule has 0 radical (unpaired) electrons. The van der Waals surface area contributed by atoms with Crippen LogP contribution in [0.4, 0.5) is 0 Å². The standard InChI is InChI=1S/C11H17N3O3/c1-8-9(11(16)17-13(8)3)10(15)14-6-4-12(2)5-7-14/h4-7H2,1-3H3. The molecule has 1 saturated heterocycles. The molecule has 2 heterocycles. The highest BCUT2D eigenvalue weighted by Crippen LogP contribution is 2.09. The SMILES string of the molecule is Cc1c(C(=O)N2CCN(C)CC2)c(=O)on1C. The van der Waals surface area contributed by atoms with Gasteiger partial charge >= 0.3 is 5.63 Å². The molecule has 0 atom stereocenters. The molecule has 0 saturated carbocycles. The summed E-state index contributed by atoms with van der Waals surface area (Å²) in [5, 5.41) is 0. The molecule has 6 heteroatoms. The van der Waals surface area contributed by atoms with Crippen LogP contribution >= 0.6 is 0 Å². The van der Waals surface area contributed by atoms with Crippen molar-refractivity contribution in [3.05, 3.63) is 21.7 Å². The molecule has 1 aromatic rings. The van der Waals surface area contributed by atoms with E-state index in [9.17, 15) is 9.59 Å². The maximum Gasteiger partial charge on any atom is 0.370 e. The summed E-state index contributed by atoms with van der Waals surface area (Å²) >= 11 is 0. The van der Waals surface area contributed by atoms with E-state index in [2.05, 4.69) is 4.90 Å². The molecule has 17 heavy (non-hydrogen) atoms. The van der Waals surface area contributed by atoms with Gasteiger partial charge in [-0.2, -0.15) is 0 Å². The van der Waals surface area contributed by atoms with Crippen molar-refractivity contribution in [2.75, 3.05) is 33.2 Å². The van der Waals surface area contributed by atoms with Crippen molar-refractivity contribution in [3.63, 3.8) is 0 Å². The first-order valence-corrected chi connectivity index (χ1v) is 5.65. The van der Waals surface area contributed by atoms with Crippen LogP contribution in [0.1, 0.15) is 16.1 Å². The van der Waals surface area contributed by atoms with Crippen molar-refractivity contribution >= 4 is 5.91 Å². The Bertz CT molecular complexity index is 481. The van der Waals surface area contributed by atoms with Crippen molar-refractivity contribution in [1.29, 1.82) is 0 Å². The zero-order chi connectivity index (χ0) is 12.6. The van der Waals surface area contributed by atoms with Gasteiger partial charge < -0.3 is 14.3 Å². The first-order chi connectivity index (χ1) is 8.00. The van der Waals surface area contributed by atoms with Gasteiger partial charge in [0.25, 0.3) is 5.91 Å². The van der Waals surface area contributed by atoms with Crippen molar-refractivity contribution < 1.29 is 9.32 Å². The second-order valence-corrected chi connectivity index (χ2v) is 4.43. The van der Waals surface area contributed by atoms with E-state index in [1.165, 1.54) is 4.74 Å². The molecular formula is C11H17N3O3. The highest BCUT2D eigenvalue weighted by atomic mass is 16.5. The number of carbonyl (C=O) groups is 1. The number of nitrogens with zero attached hydrogens (tertiary/aromatic N) is 3. The zero-order valence-electron chi connectivity index (χ0n) is 10.4. The predicted molar refractivity (Wildman–Crippen MR) is 62.1 cm³/mol. The van der Waals surface area contributed by atoms with Gasteiger partial charge in [0.1, 0.15) is 5.56 Å². The zero-order valence-corrected chi connectivity index (χ0v) is 10.4. The highest BCUT2D eigenvalue weighted by Gasteiger charge is 2.26. The average Bonchev–Trinajstić information content (AvgIpc) is 2.53. The molecule has 1 aliphatic heterocycles. The van der Waals surface area contributed by atoms with Gasteiger partial charge in [0.15, 0.2) is 0 Å². The topological polar surface area (TPSA) is 58.7 Å². The Labute approximate surface area is 99.4 Å². The van der Waals surface area contributed by atoms with E-state index in [4.69, 9.17) is 4.52 Å². The van der Waals surface area contributed by atoms with Crippen LogP contribution in [0, 0.1) is 6.92 Å². The van der Waals surface area contributed by atoms with Crippen LogP contribution in [0.25, 0.3) is 0 Å². The van der Waals surface area contributed by atoms with Crippen LogP contribution in [0.3, 0.4) is 0 Å². The van der Waals surface area contributed by atoms with Crippen LogP contribution in [-0.4, -0.2) is 53.7 Å². The number of piperazine rings is 1. The van der Waals surface area contributed by atoms with Crippen molar-refractivity contribution in [1.82, 2.24) is 14.5 Å². The largest absolute Gasteiger partial charge is 0.370 e. The Hall–Kier alpha value is -1.56. The number of amides is 1. The fourth-order valence-corrected chi connectivity index (χ4v) is 1.95. The Balaban J connectivity index is 2.23.